The van der Waals surface area contributed by atoms with E-state index in [2.05, 4.69) is 5.10 Å². The van der Waals surface area contributed by atoms with Crippen LogP contribution in [0.1, 0.15) is 11.1 Å². The molecule has 0 saturated heterocycles. The van der Waals surface area contributed by atoms with E-state index >= 15 is 0 Å². The highest BCUT2D eigenvalue weighted by Crippen LogP contribution is 2.38. The molecule has 7 heteroatoms. The van der Waals surface area contributed by atoms with Crippen molar-refractivity contribution in [2.24, 2.45) is 0 Å². The molecule has 0 radical (unpaired) electrons. The monoisotopic (exact) mass is 384 g/mol. The van der Waals surface area contributed by atoms with Crippen LogP contribution in [0.5, 0.6) is 11.5 Å². The SMILES string of the molecule is Oc1ccc(-c2nn(Cc3ccccc3)c3cc(C(F)(F)F)ccc23)c(O)c1. The van der Waals surface area contributed by atoms with Gasteiger partial charge in [-0.2, -0.15) is 18.3 Å². The van der Waals surface area contributed by atoms with Crippen molar-refractivity contribution >= 4 is 10.9 Å². The zero-order valence-electron chi connectivity index (χ0n) is 14.5. The molecule has 3 aromatic carbocycles. The molecule has 0 unspecified atom stereocenters. The Morgan fingerprint density at radius 2 is 1.64 bits per heavy atom. The van der Waals surface area contributed by atoms with Gasteiger partial charge in [-0.25, -0.2) is 0 Å². The van der Waals surface area contributed by atoms with Crippen LogP contribution in [0.3, 0.4) is 0 Å². The molecule has 4 nitrogen and oxygen atoms in total. The van der Waals surface area contributed by atoms with E-state index in [-0.39, 0.29) is 18.0 Å². The minimum Gasteiger partial charge on any atom is -0.508 e. The molecule has 0 aliphatic heterocycles. The third-order valence-electron chi connectivity index (χ3n) is 4.49. The van der Waals surface area contributed by atoms with Gasteiger partial charge < -0.3 is 10.2 Å². The number of halogens is 3. The van der Waals surface area contributed by atoms with Gasteiger partial charge in [-0.15, -0.1) is 0 Å². The van der Waals surface area contributed by atoms with E-state index in [1.165, 1.54) is 28.9 Å². The van der Waals surface area contributed by atoms with Crippen LogP contribution in [0.25, 0.3) is 22.2 Å². The largest absolute Gasteiger partial charge is 0.508 e. The summed E-state index contributed by atoms with van der Waals surface area (Å²) >= 11 is 0. The zero-order valence-corrected chi connectivity index (χ0v) is 14.5. The Bertz CT molecular complexity index is 1150. The van der Waals surface area contributed by atoms with Gasteiger partial charge in [-0.05, 0) is 35.9 Å². The van der Waals surface area contributed by atoms with Crippen molar-refractivity contribution in [1.82, 2.24) is 9.78 Å². The minimum atomic E-state index is -4.48. The first-order valence-corrected chi connectivity index (χ1v) is 8.47. The lowest BCUT2D eigenvalue weighted by Gasteiger charge is -2.08. The minimum absolute atomic E-state index is 0.117. The molecule has 1 heterocycles. The number of aromatic hydroxyl groups is 2. The van der Waals surface area contributed by atoms with Gasteiger partial charge in [0.1, 0.15) is 17.2 Å². The highest BCUT2D eigenvalue weighted by molar-refractivity contribution is 5.95. The molecule has 0 bridgehead atoms. The van der Waals surface area contributed by atoms with Gasteiger partial charge in [0.25, 0.3) is 0 Å². The first-order valence-electron chi connectivity index (χ1n) is 8.47. The molecular formula is C21H15F3N2O2. The maximum atomic E-state index is 13.2. The van der Waals surface area contributed by atoms with Crippen molar-refractivity contribution < 1.29 is 23.4 Å². The Hall–Kier alpha value is -3.48. The molecule has 4 rings (SSSR count). The molecule has 0 atom stereocenters. The van der Waals surface area contributed by atoms with E-state index in [0.29, 0.717) is 22.2 Å². The summed E-state index contributed by atoms with van der Waals surface area (Å²) in [5.41, 5.74) is 1.09. The molecule has 2 N–H and O–H groups in total. The van der Waals surface area contributed by atoms with Crippen LogP contribution in [0.4, 0.5) is 13.2 Å². The number of aromatic nitrogens is 2. The number of benzene rings is 3. The fourth-order valence-electron chi connectivity index (χ4n) is 3.15. The van der Waals surface area contributed by atoms with E-state index < -0.39 is 11.7 Å². The summed E-state index contributed by atoms with van der Waals surface area (Å²) in [6.07, 6.45) is -4.48. The number of rotatable bonds is 3. The lowest BCUT2D eigenvalue weighted by atomic mass is 10.0. The average molecular weight is 384 g/mol. The van der Waals surface area contributed by atoms with E-state index in [0.717, 1.165) is 17.7 Å². The normalized spacial score (nSPS) is 11.8. The van der Waals surface area contributed by atoms with Crippen molar-refractivity contribution in [3.05, 3.63) is 77.9 Å². The number of phenolic OH excluding ortho intramolecular Hbond substituents is 2. The first-order chi connectivity index (χ1) is 13.3. The van der Waals surface area contributed by atoms with Gasteiger partial charge in [0, 0.05) is 17.0 Å². The maximum absolute atomic E-state index is 13.2. The first kappa shape index (κ1) is 17.9. The Kier molecular flexibility index (Phi) is 4.22. The van der Waals surface area contributed by atoms with Crippen molar-refractivity contribution in [1.29, 1.82) is 0 Å². The molecule has 1 aromatic heterocycles. The van der Waals surface area contributed by atoms with Crippen molar-refractivity contribution in [2.75, 3.05) is 0 Å². The summed E-state index contributed by atoms with van der Waals surface area (Å²) in [5, 5.41) is 24.7. The van der Waals surface area contributed by atoms with E-state index in [4.69, 9.17) is 0 Å². The number of nitrogens with zero attached hydrogens (tertiary/aromatic N) is 2. The average Bonchev–Trinajstić information content (AvgIpc) is 2.99. The Labute approximate surface area is 158 Å². The Balaban J connectivity index is 1.93. The summed E-state index contributed by atoms with van der Waals surface area (Å²) < 4.78 is 41.1. The molecule has 4 aromatic rings. The van der Waals surface area contributed by atoms with E-state index in [9.17, 15) is 23.4 Å². The second-order valence-corrected chi connectivity index (χ2v) is 6.42. The topological polar surface area (TPSA) is 58.3 Å². The third-order valence-corrected chi connectivity index (χ3v) is 4.49. The van der Waals surface area contributed by atoms with Crippen LogP contribution in [-0.4, -0.2) is 20.0 Å². The smallest absolute Gasteiger partial charge is 0.416 e. The number of hydrogen-bond donors (Lipinski definition) is 2. The van der Waals surface area contributed by atoms with Crippen LogP contribution in [0, 0.1) is 0 Å². The van der Waals surface area contributed by atoms with E-state index in [1.807, 2.05) is 30.3 Å². The molecule has 142 valence electrons. The summed E-state index contributed by atoms with van der Waals surface area (Å²) in [7, 11) is 0. The molecule has 0 aliphatic carbocycles. The number of hydrogen-bond acceptors (Lipinski definition) is 3. The van der Waals surface area contributed by atoms with Crippen LogP contribution in [-0.2, 0) is 12.7 Å². The van der Waals surface area contributed by atoms with Gasteiger partial charge in [0.2, 0.25) is 0 Å². The highest BCUT2D eigenvalue weighted by Gasteiger charge is 2.31. The van der Waals surface area contributed by atoms with Crippen molar-refractivity contribution in [3.63, 3.8) is 0 Å². The van der Waals surface area contributed by atoms with Crippen LogP contribution in [0.2, 0.25) is 0 Å². The lowest BCUT2D eigenvalue weighted by Crippen LogP contribution is -2.06. The molecule has 0 spiro atoms. The van der Waals surface area contributed by atoms with Crippen LogP contribution < -0.4 is 0 Å². The fourth-order valence-corrected chi connectivity index (χ4v) is 3.15. The highest BCUT2D eigenvalue weighted by atomic mass is 19.4. The van der Waals surface area contributed by atoms with Gasteiger partial charge in [0.05, 0.1) is 17.6 Å². The summed E-state index contributed by atoms with van der Waals surface area (Å²) in [6, 6.07) is 16.7. The molecular weight excluding hydrogens is 369 g/mol. The molecule has 0 saturated carbocycles. The van der Waals surface area contributed by atoms with Crippen LogP contribution in [0.15, 0.2) is 66.7 Å². The fraction of sp³-hybridized carbons (Fsp3) is 0.0952. The Morgan fingerprint density at radius 3 is 2.32 bits per heavy atom. The summed E-state index contributed by atoms with van der Waals surface area (Å²) in [5.74, 6) is -0.320. The summed E-state index contributed by atoms with van der Waals surface area (Å²) in [4.78, 5) is 0. The predicted octanol–water partition coefficient (Wildman–Crippen LogP) is 5.18. The van der Waals surface area contributed by atoms with E-state index in [1.54, 1.807) is 0 Å². The number of fused-ring (bicyclic) bond motifs is 1. The quantitative estimate of drug-likeness (QED) is 0.512. The van der Waals surface area contributed by atoms with Gasteiger partial charge >= 0.3 is 6.18 Å². The van der Waals surface area contributed by atoms with Crippen molar-refractivity contribution in [3.8, 4) is 22.8 Å². The predicted molar refractivity (Wildman–Crippen MR) is 99.0 cm³/mol. The maximum Gasteiger partial charge on any atom is 0.416 e. The standard InChI is InChI=1S/C21H15F3N2O2/c22-21(23,24)14-6-8-16-18(10-14)26(12-13-4-2-1-3-5-13)25-20(16)17-9-7-15(27)11-19(17)28/h1-11,27-28H,12H2. The molecule has 0 fully saturated rings. The second kappa shape index (κ2) is 6.60. The number of phenols is 2. The lowest BCUT2D eigenvalue weighted by molar-refractivity contribution is -0.137. The van der Waals surface area contributed by atoms with Gasteiger partial charge in [0.15, 0.2) is 0 Å². The molecule has 0 aliphatic rings. The van der Waals surface area contributed by atoms with Gasteiger partial charge in [-0.3, -0.25) is 4.68 Å². The zero-order chi connectivity index (χ0) is 19.9. The van der Waals surface area contributed by atoms with Crippen molar-refractivity contribution in [2.45, 2.75) is 12.7 Å². The molecule has 28 heavy (non-hydrogen) atoms. The van der Waals surface area contributed by atoms with Gasteiger partial charge in [-0.1, -0.05) is 30.3 Å². The Morgan fingerprint density at radius 1 is 0.893 bits per heavy atom. The van der Waals surface area contributed by atoms with Crippen LogP contribution >= 0.6 is 0 Å². The third kappa shape index (κ3) is 3.26. The number of alkyl halides is 3. The summed E-state index contributed by atoms with van der Waals surface area (Å²) in [6.45, 7) is 0.275. The second-order valence-electron chi connectivity index (χ2n) is 6.42. The molecule has 0 amide bonds.